The number of carbonyl (C=O) groups is 2. The van der Waals surface area contributed by atoms with Crippen LogP contribution in [0.25, 0.3) is 0 Å². The summed E-state index contributed by atoms with van der Waals surface area (Å²) in [5.41, 5.74) is 0. The Bertz CT molecular complexity index is 231. The van der Waals surface area contributed by atoms with Crippen molar-refractivity contribution in [2.75, 3.05) is 7.11 Å². The molecule has 0 bridgehead atoms. The van der Waals surface area contributed by atoms with Gasteiger partial charge in [0, 0.05) is 7.34 Å². The Morgan fingerprint density at radius 2 is 1.87 bits per heavy atom. The van der Waals surface area contributed by atoms with Crippen molar-refractivity contribution in [3.63, 3.8) is 0 Å². The fraction of sp³-hybridized carbons (Fsp3) is 0.818. The van der Waals surface area contributed by atoms with Crippen molar-refractivity contribution >= 4 is 11.9 Å². The monoisotopic (exact) mass is 217 g/mol. The lowest BCUT2D eigenvalue weighted by Gasteiger charge is -2.23. The highest BCUT2D eigenvalue weighted by Gasteiger charge is 2.27. The van der Waals surface area contributed by atoms with Crippen LogP contribution in [0.4, 0.5) is 4.79 Å². The van der Waals surface area contributed by atoms with Gasteiger partial charge in [0.1, 0.15) is 0 Å². The topological polar surface area (TPSA) is 55.4 Å². The predicted octanol–water partition coefficient (Wildman–Crippen LogP) is 2.23. The van der Waals surface area contributed by atoms with E-state index in [1.165, 1.54) is 7.11 Å². The van der Waals surface area contributed by atoms with E-state index in [1.807, 2.05) is 27.7 Å². The molecule has 15 heavy (non-hydrogen) atoms. The third-order valence-corrected chi connectivity index (χ3v) is 2.53. The summed E-state index contributed by atoms with van der Waals surface area (Å²) in [7, 11) is 1.29. The van der Waals surface area contributed by atoms with Crippen LogP contribution >= 0.6 is 0 Å². The van der Waals surface area contributed by atoms with Crippen molar-refractivity contribution in [1.82, 2.24) is 5.32 Å². The molecule has 0 aromatic carbocycles. The average molecular weight is 217 g/mol. The highest BCUT2D eigenvalue weighted by molar-refractivity contribution is 5.89. The molecule has 1 amide bonds. The molecule has 0 aliphatic rings. The van der Waals surface area contributed by atoms with E-state index < -0.39 is 12.1 Å². The van der Waals surface area contributed by atoms with Crippen molar-refractivity contribution in [2.45, 2.75) is 40.2 Å². The number of Topliss-reactive ketones (excluding diaryl/α,β-unsaturated/α-hetero) is 1. The maximum absolute atomic E-state index is 11.9. The Hall–Kier alpha value is -1.06. The van der Waals surface area contributed by atoms with Gasteiger partial charge in [-0.2, -0.15) is 0 Å². The van der Waals surface area contributed by atoms with Gasteiger partial charge in [-0.05, 0) is 12.3 Å². The Kier molecular flexibility index (Phi) is 5.97. The van der Waals surface area contributed by atoms with E-state index in [4.69, 9.17) is 0 Å². The average Bonchev–Trinajstić information content (AvgIpc) is 2.22. The Balaban J connectivity index is 0. The highest BCUT2D eigenvalue weighted by Crippen LogP contribution is 2.12. The number of amides is 1. The van der Waals surface area contributed by atoms with Crippen LogP contribution in [-0.2, 0) is 9.53 Å². The molecular weight excluding hydrogens is 194 g/mol. The summed E-state index contributed by atoms with van der Waals surface area (Å²) in [5, 5.41) is 2.57. The molecule has 4 heteroatoms. The molecule has 1 unspecified atom stereocenters. The van der Waals surface area contributed by atoms with Crippen molar-refractivity contribution in [3.8, 4) is 0 Å². The second-order valence-electron chi connectivity index (χ2n) is 4.07. The standard InChI is InChI=1S/C11H21NO3.H2/c1-6-8(4)10(13)9(7(2)3)12-11(14)15-5;/h7-9H,6H2,1-5H3,(H,12,14);1H/t8?,9-;/m0./s1. The second-order valence-corrected chi connectivity index (χ2v) is 4.07. The first kappa shape index (κ1) is 13.9. The molecule has 4 nitrogen and oxygen atoms in total. The molecule has 0 aromatic heterocycles. The SMILES string of the molecule is CCC(C)C(=O)[C@@H](NC(=O)OC)C(C)C.[HH]. The van der Waals surface area contributed by atoms with Gasteiger partial charge in [-0.25, -0.2) is 4.79 Å². The second kappa shape index (κ2) is 6.43. The summed E-state index contributed by atoms with van der Waals surface area (Å²) in [5.74, 6) is 0.109. The molecule has 2 atom stereocenters. The quantitative estimate of drug-likeness (QED) is 0.768. The molecule has 90 valence electrons. The van der Waals surface area contributed by atoms with Crippen molar-refractivity contribution < 1.29 is 15.8 Å². The van der Waals surface area contributed by atoms with E-state index in [0.29, 0.717) is 0 Å². The molecule has 0 saturated carbocycles. The fourth-order valence-corrected chi connectivity index (χ4v) is 1.26. The van der Waals surface area contributed by atoms with Crippen LogP contribution in [0.15, 0.2) is 0 Å². The normalized spacial score (nSPS) is 14.5. The zero-order valence-corrected chi connectivity index (χ0v) is 10.2. The minimum Gasteiger partial charge on any atom is -0.453 e. The van der Waals surface area contributed by atoms with Crippen LogP contribution < -0.4 is 5.32 Å². The number of ketones is 1. The van der Waals surface area contributed by atoms with Crippen LogP contribution in [-0.4, -0.2) is 25.0 Å². The van der Waals surface area contributed by atoms with Gasteiger partial charge in [0.15, 0.2) is 5.78 Å². The van der Waals surface area contributed by atoms with Gasteiger partial charge in [0.2, 0.25) is 0 Å². The number of carbonyl (C=O) groups excluding carboxylic acids is 2. The van der Waals surface area contributed by atoms with Crippen LogP contribution in [0, 0.1) is 11.8 Å². The minimum absolute atomic E-state index is 0. The molecule has 0 heterocycles. The van der Waals surface area contributed by atoms with Gasteiger partial charge in [-0.1, -0.05) is 27.7 Å². The van der Waals surface area contributed by atoms with Crippen LogP contribution in [0.1, 0.15) is 35.5 Å². The van der Waals surface area contributed by atoms with E-state index in [2.05, 4.69) is 10.1 Å². The van der Waals surface area contributed by atoms with E-state index in [1.54, 1.807) is 0 Å². The van der Waals surface area contributed by atoms with Gasteiger partial charge in [-0.3, -0.25) is 4.79 Å². The maximum Gasteiger partial charge on any atom is 0.407 e. The van der Waals surface area contributed by atoms with E-state index in [-0.39, 0.29) is 19.0 Å². The van der Waals surface area contributed by atoms with Crippen LogP contribution in [0.3, 0.4) is 0 Å². The van der Waals surface area contributed by atoms with E-state index in [9.17, 15) is 9.59 Å². The molecule has 0 aromatic rings. The molecule has 0 spiro atoms. The number of nitrogens with one attached hydrogen (secondary N) is 1. The van der Waals surface area contributed by atoms with E-state index >= 15 is 0 Å². The summed E-state index contributed by atoms with van der Waals surface area (Å²) < 4.78 is 4.49. The Morgan fingerprint density at radius 3 is 2.20 bits per heavy atom. The lowest BCUT2D eigenvalue weighted by atomic mass is 9.91. The molecule has 0 radical (unpaired) electrons. The summed E-state index contributed by atoms with van der Waals surface area (Å²) in [4.78, 5) is 23.0. The number of alkyl carbamates (subject to hydrolysis) is 1. The largest absolute Gasteiger partial charge is 0.453 e. The van der Waals surface area contributed by atoms with Crippen LogP contribution in [0.2, 0.25) is 0 Å². The van der Waals surface area contributed by atoms with Gasteiger partial charge in [0.25, 0.3) is 0 Å². The van der Waals surface area contributed by atoms with E-state index in [0.717, 1.165) is 6.42 Å². The zero-order chi connectivity index (χ0) is 12.0. The summed E-state index contributed by atoms with van der Waals surface area (Å²) in [6.45, 7) is 7.64. The molecule has 1 N–H and O–H groups in total. The Labute approximate surface area is 92.9 Å². The summed E-state index contributed by atoms with van der Waals surface area (Å²) in [6, 6.07) is -0.451. The van der Waals surface area contributed by atoms with Gasteiger partial charge in [0.05, 0.1) is 13.2 Å². The third-order valence-electron chi connectivity index (χ3n) is 2.53. The minimum atomic E-state index is -0.551. The first-order valence-electron chi connectivity index (χ1n) is 5.32. The first-order valence-corrected chi connectivity index (χ1v) is 5.32. The fourth-order valence-electron chi connectivity index (χ4n) is 1.26. The zero-order valence-electron chi connectivity index (χ0n) is 10.2. The number of methoxy groups -OCH3 is 1. The number of rotatable bonds is 5. The molecule has 0 aliphatic heterocycles. The summed E-state index contributed by atoms with van der Waals surface area (Å²) >= 11 is 0. The van der Waals surface area contributed by atoms with Crippen molar-refractivity contribution in [2.24, 2.45) is 11.8 Å². The number of hydrogen-bond donors (Lipinski definition) is 1. The lowest BCUT2D eigenvalue weighted by molar-refractivity contribution is -0.125. The van der Waals surface area contributed by atoms with Gasteiger partial charge in [-0.15, -0.1) is 0 Å². The molecule has 0 rings (SSSR count). The first-order chi connectivity index (χ1) is 6.93. The number of ether oxygens (including phenoxy) is 1. The number of hydrogen-bond acceptors (Lipinski definition) is 3. The lowest BCUT2D eigenvalue weighted by Crippen LogP contribution is -2.46. The highest BCUT2D eigenvalue weighted by atomic mass is 16.5. The van der Waals surface area contributed by atoms with Gasteiger partial charge < -0.3 is 10.1 Å². The van der Waals surface area contributed by atoms with Gasteiger partial charge >= 0.3 is 6.09 Å². The summed E-state index contributed by atoms with van der Waals surface area (Å²) in [6.07, 6.45) is 0.232. The smallest absolute Gasteiger partial charge is 0.407 e. The third kappa shape index (κ3) is 4.32. The predicted molar refractivity (Wildman–Crippen MR) is 60.7 cm³/mol. The van der Waals surface area contributed by atoms with Crippen molar-refractivity contribution in [1.29, 1.82) is 0 Å². The Morgan fingerprint density at radius 1 is 1.33 bits per heavy atom. The maximum atomic E-state index is 11.9. The molecular formula is C11H23NO3. The van der Waals surface area contributed by atoms with Crippen molar-refractivity contribution in [3.05, 3.63) is 0 Å². The molecule has 0 fully saturated rings. The molecule has 0 saturated heterocycles. The van der Waals surface area contributed by atoms with Crippen LogP contribution in [0.5, 0.6) is 0 Å². The molecule has 0 aliphatic carbocycles.